The van der Waals surface area contributed by atoms with E-state index in [9.17, 15) is 33.9 Å². The van der Waals surface area contributed by atoms with Crippen LogP contribution in [0.2, 0.25) is 0 Å². The van der Waals surface area contributed by atoms with E-state index in [1.54, 1.807) is 66.7 Å². The number of aliphatic hydroxyl groups is 1. The molecule has 0 fully saturated rings. The molecule has 7 aromatic rings. The third kappa shape index (κ3) is 7.61. The van der Waals surface area contributed by atoms with Gasteiger partial charge in [-0.25, -0.2) is 42.5 Å². The molecule has 1 aromatic heterocycles. The second-order valence-corrected chi connectivity index (χ2v) is 13.1. The van der Waals surface area contributed by atoms with Crippen LogP contribution < -0.4 is 17.1 Å². The zero-order valence-corrected chi connectivity index (χ0v) is 30.1. The molecule has 7 rings (SSSR count). The summed E-state index contributed by atoms with van der Waals surface area (Å²) in [4.78, 5) is 80.3. The Labute approximate surface area is 318 Å². The van der Waals surface area contributed by atoms with Gasteiger partial charge < -0.3 is 19.3 Å². The van der Waals surface area contributed by atoms with Crippen molar-refractivity contribution in [1.82, 2.24) is 13.7 Å². The summed E-state index contributed by atoms with van der Waals surface area (Å²) in [5.41, 5.74) is -2.50. The van der Waals surface area contributed by atoms with Crippen LogP contribution in [0.15, 0.2) is 142 Å². The number of carbonyl (C=O) groups is 3. The van der Waals surface area contributed by atoms with Gasteiger partial charge in [0.05, 0.1) is 29.8 Å². The van der Waals surface area contributed by atoms with Crippen LogP contribution in [-0.4, -0.2) is 62.1 Å². The second-order valence-electron chi connectivity index (χ2n) is 13.1. The molecule has 282 valence electrons. The number of carbonyl (C=O) groups excluding carboxylic acids is 3. The monoisotopic (exact) mass is 753 g/mol. The Morgan fingerprint density at radius 2 is 1.11 bits per heavy atom. The minimum Gasteiger partial charge on any atom is -0.459 e. The van der Waals surface area contributed by atoms with Crippen molar-refractivity contribution < 1.29 is 33.7 Å². The first kappa shape index (κ1) is 37.2. The standard InChI is InChI=1S/C43H35N3O10/c1-44-41(51)45(23-31(47)25-54-40(50)37-34-19-9-6-15-29(34)22-30-16-7-10-20-35(30)37)43(53)46(42(44)52)24-32(56-38(48)28-13-3-2-4-14-28)26-55-39(49)36-21-11-17-27-12-5-8-18-33(27)36/h2-22,31-32,47H,23-26H2,1H3. The Kier molecular flexibility index (Phi) is 10.7. The zero-order valence-electron chi connectivity index (χ0n) is 30.1. The number of fused-ring (bicyclic) bond motifs is 3. The molecule has 2 atom stereocenters. The van der Waals surface area contributed by atoms with E-state index in [0.29, 0.717) is 35.4 Å². The summed E-state index contributed by atoms with van der Waals surface area (Å²) in [7, 11) is 1.14. The molecule has 56 heavy (non-hydrogen) atoms. The van der Waals surface area contributed by atoms with E-state index in [4.69, 9.17) is 14.2 Å². The number of rotatable bonds is 12. The molecule has 2 unspecified atom stereocenters. The number of hydrogen-bond acceptors (Lipinski definition) is 10. The maximum atomic E-state index is 13.8. The topological polar surface area (TPSA) is 165 Å². The van der Waals surface area contributed by atoms with Crippen LogP contribution in [0.4, 0.5) is 0 Å². The van der Waals surface area contributed by atoms with Crippen molar-refractivity contribution >= 4 is 50.2 Å². The molecule has 0 saturated carbocycles. The molecule has 13 nitrogen and oxygen atoms in total. The maximum Gasteiger partial charge on any atom is 0.339 e. The van der Waals surface area contributed by atoms with E-state index < -0.39 is 73.5 Å². The highest BCUT2D eigenvalue weighted by molar-refractivity contribution is 6.16. The van der Waals surface area contributed by atoms with E-state index in [1.165, 1.54) is 12.1 Å². The summed E-state index contributed by atoms with van der Waals surface area (Å²) in [6.45, 7) is -2.42. The lowest BCUT2D eigenvalue weighted by molar-refractivity contribution is -0.00623. The molecule has 6 aromatic carbocycles. The number of esters is 3. The van der Waals surface area contributed by atoms with Crippen molar-refractivity contribution in [3.05, 3.63) is 176 Å². The van der Waals surface area contributed by atoms with Gasteiger partial charge in [-0.2, -0.15) is 0 Å². The summed E-state index contributed by atoms with van der Waals surface area (Å²) in [5, 5.41) is 15.3. The van der Waals surface area contributed by atoms with E-state index in [2.05, 4.69) is 0 Å². The minimum absolute atomic E-state index is 0.164. The molecule has 0 radical (unpaired) electrons. The molecule has 0 aliphatic heterocycles. The average molecular weight is 754 g/mol. The normalized spacial score (nSPS) is 12.3. The van der Waals surface area contributed by atoms with Gasteiger partial charge in [-0.15, -0.1) is 0 Å². The van der Waals surface area contributed by atoms with Crippen LogP contribution in [-0.2, 0) is 34.3 Å². The quantitative estimate of drug-likeness (QED) is 0.107. The highest BCUT2D eigenvalue weighted by Gasteiger charge is 2.25. The number of aromatic nitrogens is 3. The van der Waals surface area contributed by atoms with Gasteiger partial charge in [0.1, 0.15) is 19.3 Å². The number of ether oxygens (including phenoxy) is 3. The predicted molar refractivity (Wildman–Crippen MR) is 208 cm³/mol. The lowest BCUT2D eigenvalue weighted by atomic mass is 9.97. The van der Waals surface area contributed by atoms with Gasteiger partial charge in [0.25, 0.3) is 0 Å². The summed E-state index contributed by atoms with van der Waals surface area (Å²) < 4.78 is 18.7. The summed E-state index contributed by atoms with van der Waals surface area (Å²) >= 11 is 0. The highest BCUT2D eigenvalue weighted by Crippen LogP contribution is 2.29. The molecule has 0 aliphatic rings. The zero-order chi connectivity index (χ0) is 39.3. The van der Waals surface area contributed by atoms with Crippen LogP contribution in [0.5, 0.6) is 0 Å². The first-order chi connectivity index (χ1) is 27.1. The number of aliphatic hydroxyl groups excluding tert-OH is 1. The van der Waals surface area contributed by atoms with Crippen molar-refractivity contribution in [1.29, 1.82) is 0 Å². The molecule has 0 spiro atoms. The Bertz CT molecular complexity index is 2750. The fourth-order valence-corrected chi connectivity index (χ4v) is 6.58. The predicted octanol–water partition coefficient (Wildman–Crippen LogP) is 4.47. The third-order valence-electron chi connectivity index (χ3n) is 9.35. The van der Waals surface area contributed by atoms with Crippen molar-refractivity contribution in [2.75, 3.05) is 13.2 Å². The molecule has 1 heterocycles. The molecule has 0 aliphatic carbocycles. The minimum atomic E-state index is -1.55. The summed E-state index contributed by atoms with van der Waals surface area (Å²) in [5.74, 6) is -2.27. The van der Waals surface area contributed by atoms with Gasteiger partial charge in [0, 0.05) is 7.05 Å². The van der Waals surface area contributed by atoms with Crippen molar-refractivity contribution in [3.63, 3.8) is 0 Å². The fraction of sp³-hybridized carbons (Fsp3) is 0.163. The first-order valence-electron chi connectivity index (χ1n) is 17.7. The van der Waals surface area contributed by atoms with Crippen LogP contribution >= 0.6 is 0 Å². The number of hydrogen-bond donors (Lipinski definition) is 1. The van der Waals surface area contributed by atoms with Gasteiger partial charge in [-0.3, -0.25) is 0 Å². The second kappa shape index (κ2) is 16.1. The molecule has 0 saturated heterocycles. The lowest BCUT2D eigenvalue weighted by Gasteiger charge is -2.20. The molecule has 13 heteroatoms. The maximum absolute atomic E-state index is 13.8. The van der Waals surface area contributed by atoms with Crippen LogP contribution in [0.25, 0.3) is 32.3 Å². The molecule has 1 N–H and O–H groups in total. The Hall–Kier alpha value is -7.12. The van der Waals surface area contributed by atoms with Gasteiger partial charge in [-0.1, -0.05) is 103 Å². The third-order valence-corrected chi connectivity index (χ3v) is 9.35. The summed E-state index contributed by atoms with van der Waals surface area (Å²) in [6, 6.07) is 36.8. The molecular formula is C43H35N3O10. The van der Waals surface area contributed by atoms with E-state index in [-0.39, 0.29) is 11.1 Å². The molecular weight excluding hydrogens is 718 g/mol. The largest absolute Gasteiger partial charge is 0.459 e. The van der Waals surface area contributed by atoms with E-state index in [1.807, 2.05) is 48.5 Å². The SMILES string of the molecule is Cn1c(=O)n(CC(O)COC(=O)c2c3ccccc3cc3ccccc23)c(=O)n(CC(COC(=O)c2cccc3ccccc23)OC(=O)c2ccccc2)c1=O. The van der Waals surface area contributed by atoms with E-state index in [0.717, 1.165) is 23.2 Å². The molecule has 0 amide bonds. The van der Waals surface area contributed by atoms with E-state index >= 15 is 0 Å². The average Bonchev–Trinajstić information content (AvgIpc) is 3.23. The van der Waals surface area contributed by atoms with Crippen LogP contribution in [0.3, 0.4) is 0 Å². The Balaban J connectivity index is 1.13. The van der Waals surface area contributed by atoms with Gasteiger partial charge in [0.15, 0.2) is 6.10 Å². The van der Waals surface area contributed by atoms with Crippen molar-refractivity contribution in [3.8, 4) is 0 Å². The van der Waals surface area contributed by atoms with Crippen LogP contribution in [0.1, 0.15) is 31.1 Å². The Morgan fingerprint density at radius 3 is 1.77 bits per heavy atom. The van der Waals surface area contributed by atoms with Gasteiger partial charge >= 0.3 is 35.0 Å². The fourth-order valence-electron chi connectivity index (χ4n) is 6.58. The highest BCUT2D eigenvalue weighted by atomic mass is 16.6. The summed E-state index contributed by atoms with van der Waals surface area (Å²) in [6.07, 6.45) is -2.93. The van der Waals surface area contributed by atoms with Crippen molar-refractivity contribution in [2.45, 2.75) is 25.3 Å². The smallest absolute Gasteiger partial charge is 0.339 e. The van der Waals surface area contributed by atoms with Gasteiger partial charge in [0.2, 0.25) is 0 Å². The lowest BCUT2D eigenvalue weighted by Crippen LogP contribution is -2.56. The van der Waals surface area contributed by atoms with Gasteiger partial charge in [-0.05, 0) is 56.6 Å². The first-order valence-corrected chi connectivity index (χ1v) is 17.7. The molecule has 0 bridgehead atoms. The van der Waals surface area contributed by atoms with Crippen molar-refractivity contribution in [2.24, 2.45) is 7.05 Å². The Morgan fingerprint density at radius 1 is 0.571 bits per heavy atom. The van der Waals surface area contributed by atoms with Crippen LogP contribution in [0, 0.1) is 0 Å². The number of nitrogens with zero attached hydrogens (tertiary/aromatic N) is 3. The number of benzene rings is 6.